The first kappa shape index (κ1) is 17.0. The Morgan fingerprint density at radius 3 is 2.70 bits per heavy atom. The summed E-state index contributed by atoms with van der Waals surface area (Å²) in [6, 6.07) is 10.8. The number of carbonyl (C=O) groups excluding carboxylic acids is 2. The molecule has 0 aliphatic carbocycles. The van der Waals surface area contributed by atoms with Crippen molar-refractivity contribution >= 4 is 11.8 Å². The van der Waals surface area contributed by atoms with E-state index in [9.17, 15) is 9.59 Å². The normalized spacial score (nSPS) is 17.0. The number of primary amides is 1. The van der Waals surface area contributed by atoms with E-state index in [-0.39, 0.29) is 23.3 Å². The van der Waals surface area contributed by atoms with Gasteiger partial charge >= 0.3 is 0 Å². The van der Waals surface area contributed by atoms with Crippen LogP contribution in [0, 0.1) is 0 Å². The highest BCUT2D eigenvalue weighted by molar-refractivity contribution is 5.92. The van der Waals surface area contributed by atoms with E-state index in [1.54, 1.807) is 11.0 Å². The Kier molecular flexibility index (Phi) is 4.41. The van der Waals surface area contributed by atoms with E-state index in [0.29, 0.717) is 12.2 Å². The Morgan fingerprint density at radius 1 is 1.15 bits per heavy atom. The van der Waals surface area contributed by atoms with Crippen molar-refractivity contribution in [2.24, 2.45) is 5.73 Å². The zero-order chi connectivity index (χ0) is 18.8. The molecule has 3 N–H and O–H groups in total. The maximum Gasteiger partial charge on any atom is 0.276 e. The minimum absolute atomic E-state index is 0.165. The third kappa shape index (κ3) is 3.31. The van der Waals surface area contributed by atoms with Gasteiger partial charge in [-0.1, -0.05) is 18.2 Å². The molecule has 1 aliphatic rings. The van der Waals surface area contributed by atoms with Gasteiger partial charge in [0.15, 0.2) is 5.69 Å². The highest BCUT2D eigenvalue weighted by atomic mass is 16.2. The summed E-state index contributed by atoms with van der Waals surface area (Å²) in [5, 5.41) is 15.3. The molecule has 2 aromatic heterocycles. The first-order valence-corrected chi connectivity index (χ1v) is 8.77. The van der Waals surface area contributed by atoms with Crippen molar-refractivity contribution in [3.05, 3.63) is 59.7 Å². The average molecular weight is 365 g/mol. The number of nitrogens with two attached hydrogens (primary N) is 1. The van der Waals surface area contributed by atoms with Gasteiger partial charge in [0.05, 0.1) is 23.6 Å². The van der Waals surface area contributed by atoms with Gasteiger partial charge in [-0.2, -0.15) is 15.0 Å². The van der Waals surface area contributed by atoms with E-state index in [1.807, 2.05) is 30.3 Å². The molecule has 0 bridgehead atoms. The number of likely N-dealkylation sites (tertiary alicyclic amines) is 1. The Morgan fingerprint density at radius 2 is 1.96 bits per heavy atom. The standard InChI is InChI=1S/C18H19N7O2/c19-17(26)14-10-13(21-22-14)16-8-4-5-9-24(16)18(27)15-11-20-25(23-15)12-6-2-1-3-7-12/h1-3,6-7,10-11,16H,4-5,8-9H2,(H2,19,26)(H,21,22)/t16-/m0/s1. The van der Waals surface area contributed by atoms with E-state index in [1.165, 1.54) is 11.0 Å². The van der Waals surface area contributed by atoms with Crippen molar-refractivity contribution in [2.75, 3.05) is 6.54 Å². The summed E-state index contributed by atoms with van der Waals surface area (Å²) >= 11 is 0. The smallest absolute Gasteiger partial charge is 0.276 e. The maximum atomic E-state index is 13.1. The summed E-state index contributed by atoms with van der Waals surface area (Å²) < 4.78 is 0. The van der Waals surface area contributed by atoms with Gasteiger partial charge in [0.25, 0.3) is 11.8 Å². The topological polar surface area (TPSA) is 123 Å². The highest BCUT2D eigenvalue weighted by Crippen LogP contribution is 2.31. The van der Waals surface area contributed by atoms with Crippen molar-refractivity contribution in [1.82, 2.24) is 30.1 Å². The van der Waals surface area contributed by atoms with E-state index < -0.39 is 5.91 Å². The van der Waals surface area contributed by atoms with Crippen molar-refractivity contribution in [3.8, 4) is 5.69 Å². The van der Waals surface area contributed by atoms with Crippen LogP contribution in [0.1, 0.15) is 52.0 Å². The second-order valence-corrected chi connectivity index (χ2v) is 6.44. The van der Waals surface area contributed by atoms with Gasteiger partial charge in [-0.15, -0.1) is 5.10 Å². The van der Waals surface area contributed by atoms with Crippen molar-refractivity contribution < 1.29 is 9.59 Å². The number of aromatic nitrogens is 5. The largest absolute Gasteiger partial charge is 0.364 e. The molecule has 138 valence electrons. The molecule has 3 aromatic rings. The Balaban J connectivity index is 1.59. The minimum atomic E-state index is -0.600. The number of H-pyrrole nitrogens is 1. The number of piperidine rings is 1. The van der Waals surface area contributed by atoms with Crippen LogP contribution in [-0.2, 0) is 0 Å². The fraction of sp³-hybridized carbons (Fsp3) is 0.278. The monoisotopic (exact) mass is 365 g/mol. The average Bonchev–Trinajstić information content (AvgIpc) is 3.38. The van der Waals surface area contributed by atoms with Crippen LogP contribution < -0.4 is 5.73 Å². The third-order valence-electron chi connectivity index (χ3n) is 4.67. The van der Waals surface area contributed by atoms with Gasteiger partial charge in [0.1, 0.15) is 5.69 Å². The SMILES string of the molecule is NC(=O)c1cc([C@@H]2CCCCN2C(=O)c2cnn(-c3ccccc3)n2)[nH]n1. The number of benzene rings is 1. The molecule has 0 spiro atoms. The Bertz CT molecular complexity index is 963. The van der Waals surface area contributed by atoms with Gasteiger partial charge in [0, 0.05) is 6.54 Å². The first-order valence-electron chi connectivity index (χ1n) is 8.77. The number of para-hydroxylation sites is 1. The zero-order valence-electron chi connectivity index (χ0n) is 14.6. The van der Waals surface area contributed by atoms with Crippen LogP contribution >= 0.6 is 0 Å². The first-order chi connectivity index (χ1) is 13.1. The van der Waals surface area contributed by atoms with Crippen molar-refractivity contribution in [1.29, 1.82) is 0 Å². The molecule has 0 unspecified atom stereocenters. The van der Waals surface area contributed by atoms with E-state index in [4.69, 9.17) is 5.73 Å². The lowest BCUT2D eigenvalue weighted by molar-refractivity contribution is 0.0599. The molecular weight excluding hydrogens is 346 g/mol. The molecule has 1 fully saturated rings. The predicted molar refractivity (Wildman–Crippen MR) is 96.1 cm³/mol. The van der Waals surface area contributed by atoms with Gasteiger partial charge in [0.2, 0.25) is 0 Å². The molecule has 1 atom stereocenters. The molecule has 2 amide bonds. The Labute approximate surface area is 155 Å². The number of amides is 2. The summed E-state index contributed by atoms with van der Waals surface area (Å²) in [5.74, 6) is -0.797. The molecule has 0 radical (unpaired) electrons. The van der Waals surface area contributed by atoms with E-state index >= 15 is 0 Å². The van der Waals surface area contributed by atoms with Crippen LogP contribution in [-0.4, -0.2) is 48.5 Å². The number of hydrogen-bond donors (Lipinski definition) is 2. The molecule has 1 aromatic carbocycles. The van der Waals surface area contributed by atoms with Gasteiger partial charge < -0.3 is 10.6 Å². The minimum Gasteiger partial charge on any atom is -0.364 e. The quantitative estimate of drug-likeness (QED) is 0.724. The third-order valence-corrected chi connectivity index (χ3v) is 4.67. The van der Waals surface area contributed by atoms with Crippen LogP contribution in [0.15, 0.2) is 42.6 Å². The lowest BCUT2D eigenvalue weighted by Gasteiger charge is -2.34. The van der Waals surface area contributed by atoms with Crippen LogP contribution in [0.5, 0.6) is 0 Å². The van der Waals surface area contributed by atoms with E-state index in [2.05, 4.69) is 20.4 Å². The van der Waals surface area contributed by atoms with Crippen LogP contribution in [0.4, 0.5) is 0 Å². The second-order valence-electron chi connectivity index (χ2n) is 6.44. The molecule has 27 heavy (non-hydrogen) atoms. The molecular formula is C18H19N7O2. The van der Waals surface area contributed by atoms with Crippen molar-refractivity contribution in [3.63, 3.8) is 0 Å². The molecule has 3 heterocycles. The van der Waals surface area contributed by atoms with Gasteiger partial charge in [-0.25, -0.2) is 0 Å². The van der Waals surface area contributed by atoms with E-state index in [0.717, 1.165) is 24.9 Å². The summed E-state index contributed by atoms with van der Waals surface area (Å²) in [7, 11) is 0. The highest BCUT2D eigenvalue weighted by Gasteiger charge is 2.31. The van der Waals surface area contributed by atoms with Crippen LogP contribution in [0.3, 0.4) is 0 Å². The number of nitrogens with zero attached hydrogens (tertiary/aromatic N) is 5. The number of carbonyl (C=O) groups is 2. The van der Waals surface area contributed by atoms with Gasteiger partial charge in [-0.05, 0) is 37.5 Å². The van der Waals surface area contributed by atoms with Crippen LogP contribution in [0.2, 0.25) is 0 Å². The fourth-order valence-electron chi connectivity index (χ4n) is 3.33. The molecule has 4 rings (SSSR count). The van der Waals surface area contributed by atoms with Gasteiger partial charge in [-0.3, -0.25) is 14.7 Å². The van der Waals surface area contributed by atoms with Crippen LogP contribution in [0.25, 0.3) is 5.69 Å². The second kappa shape index (κ2) is 7.02. The number of nitrogens with one attached hydrogen (secondary N) is 1. The predicted octanol–water partition coefficient (Wildman–Crippen LogP) is 1.46. The fourth-order valence-corrected chi connectivity index (χ4v) is 3.33. The summed E-state index contributed by atoms with van der Waals surface area (Å²) in [5.41, 5.74) is 7.21. The summed E-state index contributed by atoms with van der Waals surface area (Å²) in [6.45, 7) is 0.604. The maximum absolute atomic E-state index is 13.1. The Hall–Kier alpha value is -3.49. The number of rotatable bonds is 4. The lowest BCUT2D eigenvalue weighted by Crippen LogP contribution is -2.39. The summed E-state index contributed by atoms with van der Waals surface area (Å²) in [6.07, 6.45) is 4.14. The molecule has 9 heteroatoms. The molecule has 0 saturated carbocycles. The molecule has 1 aliphatic heterocycles. The molecule has 9 nitrogen and oxygen atoms in total. The summed E-state index contributed by atoms with van der Waals surface area (Å²) in [4.78, 5) is 27.6. The zero-order valence-corrected chi connectivity index (χ0v) is 14.6. The lowest BCUT2D eigenvalue weighted by atomic mass is 9.98. The number of hydrogen-bond acceptors (Lipinski definition) is 5. The van der Waals surface area contributed by atoms with Crippen molar-refractivity contribution in [2.45, 2.75) is 25.3 Å². The molecule has 1 saturated heterocycles. The number of aromatic amines is 1.